The molecule has 0 aliphatic heterocycles. The highest BCUT2D eigenvalue weighted by molar-refractivity contribution is 7.09. The van der Waals surface area contributed by atoms with E-state index < -0.39 is 6.10 Å². The van der Waals surface area contributed by atoms with Crippen LogP contribution >= 0.6 is 11.3 Å². The lowest BCUT2D eigenvalue weighted by Crippen LogP contribution is -2.47. The highest BCUT2D eigenvalue weighted by Crippen LogP contribution is 2.19. The Morgan fingerprint density at radius 2 is 2.21 bits per heavy atom. The first-order valence-corrected chi connectivity index (χ1v) is 7.48. The van der Waals surface area contributed by atoms with Gasteiger partial charge in [0.1, 0.15) is 5.01 Å². The normalized spacial score (nSPS) is 14.2. The number of nitrogens with one attached hydrogen (secondary N) is 1. The van der Waals surface area contributed by atoms with Crippen LogP contribution in [0.25, 0.3) is 0 Å². The highest BCUT2D eigenvalue weighted by atomic mass is 32.1. The Bertz CT molecular complexity index is 379. The van der Waals surface area contributed by atoms with Crippen LogP contribution in [0.1, 0.15) is 45.2 Å². The lowest BCUT2D eigenvalue weighted by atomic mass is 10.2. The summed E-state index contributed by atoms with van der Waals surface area (Å²) in [7, 11) is 0. The maximum atomic E-state index is 12.3. The lowest BCUT2D eigenvalue weighted by Gasteiger charge is -2.29. The molecule has 2 amide bonds. The highest BCUT2D eigenvalue weighted by Gasteiger charge is 2.22. The molecule has 2 atom stereocenters. The van der Waals surface area contributed by atoms with Gasteiger partial charge in [-0.2, -0.15) is 0 Å². The van der Waals surface area contributed by atoms with Gasteiger partial charge in [0.2, 0.25) is 0 Å². The van der Waals surface area contributed by atoms with Crippen molar-refractivity contribution in [2.24, 2.45) is 0 Å². The third-order valence-electron chi connectivity index (χ3n) is 2.80. The van der Waals surface area contributed by atoms with Gasteiger partial charge in [-0.15, -0.1) is 11.3 Å². The number of carbonyl (C=O) groups excluding carboxylic acids is 1. The van der Waals surface area contributed by atoms with Gasteiger partial charge in [0.25, 0.3) is 0 Å². The Kier molecular flexibility index (Phi) is 6.24. The number of aromatic nitrogens is 1. The van der Waals surface area contributed by atoms with Crippen molar-refractivity contribution >= 4 is 17.4 Å². The van der Waals surface area contributed by atoms with E-state index in [2.05, 4.69) is 10.3 Å². The van der Waals surface area contributed by atoms with Crippen molar-refractivity contribution in [3.05, 3.63) is 16.6 Å². The summed E-state index contributed by atoms with van der Waals surface area (Å²) in [5.74, 6) is 0. The van der Waals surface area contributed by atoms with Crippen LogP contribution in [-0.2, 0) is 0 Å². The average Bonchev–Trinajstić information content (AvgIpc) is 2.85. The minimum atomic E-state index is -0.534. The van der Waals surface area contributed by atoms with Gasteiger partial charge in [-0.05, 0) is 27.2 Å². The third-order valence-corrected chi connectivity index (χ3v) is 3.69. The van der Waals surface area contributed by atoms with Crippen LogP contribution in [0.5, 0.6) is 0 Å². The summed E-state index contributed by atoms with van der Waals surface area (Å²) in [5.41, 5.74) is 0. The predicted octanol–water partition coefficient (Wildman–Crippen LogP) is 2.40. The Hall–Kier alpha value is -1.14. The van der Waals surface area contributed by atoms with E-state index in [-0.39, 0.29) is 18.1 Å². The standard InChI is InChI=1S/C13H23N3O2S/c1-5-11(12-14-6-7-19-12)15-13(18)16(9(2)3)8-10(4)17/h6-7,9-11,17H,5,8H2,1-4H3,(H,15,18). The summed E-state index contributed by atoms with van der Waals surface area (Å²) in [5, 5.41) is 15.3. The minimum Gasteiger partial charge on any atom is -0.392 e. The maximum Gasteiger partial charge on any atom is 0.318 e. The quantitative estimate of drug-likeness (QED) is 0.843. The third kappa shape index (κ3) is 4.80. The molecule has 1 rings (SSSR count). The molecule has 6 heteroatoms. The number of rotatable bonds is 6. The Morgan fingerprint density at radius 3 is 2.63 bits per heavy atom. The molecular weight excluding hydrogens is 262 g/mol. The van der Waals surface area contributed by atoms with E-state index >= 15 is 0 Å². The smallest absolute Gasteiger partial charge is 0.318 e. The lowest BCUT2D eigenvalue weighted by molar-refractivity contribution is 0.117. The molecular formula is C13H23N3O2S. The minimum absolute atomic E-state index is 0.0448. The first-order valence-electron chi connectivity index (χ1n) is 6.60. The van der Waals surface area contributed by atoms with E-state index in [0.29, 0.717) is 6.54 Å². The number of amides is 2. The molecule has 0 aromatic carbocycles. The van der Waals surface area contributed by atoms with Gasteiger partial charge in [-0.1, -0.05) is 6.92 Å². The molecule has 19 heavy (non-hydrogen) atoms. The van der Waals surface area contributed by atoms with Crippen molar-refractivity contribution in [2.45, 2.75) is 52.3 Å². The Morgan fingerprint density at radius 1 is 1.53 bits per heavy atom. The second kappa shape index (κ2) is 7.45. The number of aliphatic hydroxyl groups excluding tert-OH is 1. The molecule has 1 heterocycles. The van der Waals surface area contributed by atoms with Crippen LogP contribution in [0.3, 0.4) is 0 Å². The van der Waals surface area contributed by atoms with Crippen LogP contribution in [0.2, 0.25) is 0 Å². The zero-order valence-electron chi connectivity index (χ0n) is 12.0. The van der Waals surface area contributed by atoms with Gasteiger partial charge in [0.15, 0.2) is 0 Å². The van der Waals surface area contributed by atoms with E-state index in [1.165, 1.54) is 11.3 Å². The number of hydrogen-bond acceptors (Lipinski definition) is 4. The van der Waals surface area contributed by atoms with Crippen LogP contribution in [0.15, 0.2) is 11.6 Å². The summed E-state index contributed by atoms with van der Waals surface area (Å²) in [6.45, 7) is 7.90. The molecule has 1 aromatic heterocycles. The van der Waals surface area contributed by atoms with Crippen LogP contribution in [0, 0.1) is 0 Å². The Labute approximate surface area is 118 Å². The van der Waals surface area contributed by atoms with Gasteiger partial charge < -0.3 is 15.3 Å². The van der Waals surface area contributed by atoms with Crippen LogP contribution in [-0.4, -0.2) is 39.7 Å². The molecule has 0 aliphatic rings. The summed E-state index contributed by atoms with van der Waals surface area (Å²) in [6.07, 6.45) is 2.00. The molecule has 0 bridgehead atoms. The number of hydrogen-bond donors (Lipinski definition) is 2. The van der Waals surface area contributed by atoms with Gasteiger partial charge in [-0.3, -0.25) is 0 Å². The topological polar surface area (TPSA) is 65.5 Å². The van der Waals surface area contributed by atoms with Crippen molar-refractivity contribution in [1.82, 2.24) is 15.2 Å². The maximum absolute atomic E-state index is 12.3. The predicted molar refractivity (Wildman–Crippen MR) is 77.2 cm³/mol. The number of urea groups is 1. The number of nitrogens with zero attached hydrogens (tertiary/aromatic N) is 2. The summed E-state index contributed by atoms with van der Waals surface area (Å²) < 4.78 is 0. The van der Waals surface area contributed by atoms with E-state index in [0.717, 1.165) is 11.4 Å². The molecule has 2 unspecified atom stereocenters. The van der Waals surface area contributed by atoms with Crippen molar-refractivity contribution in [3.63, 3.8) is 0 Å². The molecule has 0 radical (unpaired) electrons. The summed E-state index contributed by atoms with van der Waals surface area (Å²) in [6, 6.07) is -0.177. The summed E-state index contributed by atoms with van der Waals surface area (Å²) >= 11 is 1.54. The van der Waals surface area contributed by atoms with E-state index in [9.17, 15) is 9.90 Å². The molecule has 5 nitrogen and oxygen atoms in total. The van der Waals surface area contributed by atoms with Gasteiger partial charge in [0.05, 0.1) is 12.1 Å². The fourth-order valence-corrected chi connectivity index (χ4v) is 2.56. The molecule has 2 N–H and O–H groups in total. The van der Waals surface area contributed by atoms with Crippen LogP contribution < -0.4 is 5.32 Å². The van der Waals surface area contributed by atoms with Gasteiger partial charge in [0, 0.05) is 24.2 Å². The number of aliphatic hydroxyl groups is 1. The van der Waals surface area contributed by atoms with E-state index in [1.54, 1.807) is 18.0 Å². The fraction of sp³-hybridized carbons (Fsp3) is 0.692. The molecule has 0 aliphatic carbocycles. The molecule has 0 saturated heterocycles. The first-order chi connectivity index (χ1) is 8.95. The number of carbonyl (C=O) groups is 1. The van der Waals surface area contributed by atoms with Gasteiger partial charge >= 0.3 is 6.03 Å². The zero-order chi connectivity index (χ0) is 14.4. The molecule has 1 aromatic rings. The molecule has 0 fully saturated rings. The van der Waals surface area contributed by atoms with Crippen molar-refractivity contribution in [2.75, 3.05) is 6.54 Å². The second-order valence-electron chi connectivity index (χ2n) is 4.88. The second-order valence-corrected chi connectivity index (χ2v) is 5.80. The van der Waals surface area contributed by atoms with Crippen molar-refractivity contribution in [3.8, 4) is 0 Å². The summed E-state index contributed by atoms with van der Waals surface area (Å²) in [4.78, 5) is 18.1. The van der Waals surface area contributed by atoms with Crippen LogP contribution in [0.4, 0.5) is 4.79 Å². The number of thiazole rings is 1. The molecule has 0 spiro atoms. The zero-order valence-corrected chi connectivity index (χ0v) is 12.8. The monoisotopic (exact) mass is 285 g/mol. The molecule has 108 valence electrons. The SMILES string of the molecule is CCC(NC(=O)N(CC(C)O)C(C)C)c1nccs1. The van der Waals surface area contributed by atoms with E-state index in [1.807, 2.05) is 26.2 Å². The van der Waals surface area contributed by atoms with Crippen molar-refractivity contribution in [1.29, 1.82) is 0 Å². The fourth-order valence-electron chi connectivity index (χ4n) is 1.79. The molecule has 0 saturated carbocycles. The van der Waals surface area contributed by atoms with Gasteiger partial charge in [-0.25, -0.2) is 9.78 Å². The average molecular weight is 285 g/mol. The van der Waals surface area contributed by atoms with E-state index in [4.69, 9.17) is 0 Å². The first kappa shape index (κ1) is 15.9. The largest absolute Gasteiger partial charge is 0.392 e. The Balaban J connectivity index is 2.69. The van der Waals surface area contributed by atoms with Crippen molar-refractivity contribution < 1.29 is 9.90 Å².